The van der Waals surface area contributed by atoms with E-state index in [0.29, 0.717) is 0 Å². The minimum Gasteiger partial charge on any atom is -0.470 e. The summed E-state index contributed by atoms with van der Waals surface area (Å²) in [5, 5.41) is 10.6. The van der Waals surface area contributed by atoms with E-state index in [9.17, 15) is 0 Å². The average molecular weight is 222 g/mol. The van der Waals surface area contributed by atoms with Gasteiger partial charge in [0.2, 0.25) is 0 Å². The van der Waals surface area contributed by atoms with Gasteiger partial charge in [-0.1, -0.05) is 13.8 Å². The second kappa shape index (κ2) is 5.34. The van der Waals surface area contributed by atoms with Crippen LogP contribution in [0.3, 0.4) is 0 Å². The molecule has 5 heteroatoms. The van der Waals surface area contributed by atoms with Crippen LogP contribution < -0.4 is 11.1 Å². The molecule has 0 aromatic carbocycles. The van der Waals surface area contributed by atoms with Gasteiger partial charge in [-0.05, 0) is 6.07 Å². The fourth-order valence-corrected chi connectivity index (χ4v) is 1.36. The molecule has 0 saturated carbocycles. The van der Waals surface area contributed by atoms with Gasteiger partial charge < -0.3 is 15.5 Å². The maximum absolute atomic E-state index is 7.43. The highest BCUT2D eigenvalue weighted by molar-refractivity contribution is 5.99. The maximum atomic E-state index is 7.43. The zero-order valence-electron chi connectivity index (χ0n) is 9.82. The van der Waals surface area contributed by atoms with Crippen molar-refractivity contribution < 1.29 is 4.42 Å². The van der Waals surface area contributed by atoms with Crippen molar-refractivity contribution in [1.29, 1.82) is 5.41 Å². The monoisotopic (exact) mass is 222 g/mol. The molecule has 0 aliphatic heterocycles. The molecule has 1 heterocycles. The standard InChI is InChI=1S/C11H18N4O/c1-7(10(12)13)8(2)11(14-3)15-9-4-5-16-6-9/h4-8H,1-3H3,(H3,12,13)(H,14,15). The molecule has 1 aromatic heterocycles. The van der Waals surface area contributed by atoms with Crippen LogP contribution >= 0.6 is 0 Å². The quantitative estimate of drug-likeness (QED) is 0.537. The number of nitrogens with zero attached hydrogens (tertiary/aromatic N) is 1. The maximum Gasteiger partial charge on any atom is 0.114 e. The van der Waals surface area contributed by atoms with E-state index in [-0.39, 0.29) is 17.7 Å². The molecule has 88 valence electrons. The lowest BCUT2D eigenvalue weighted by atomic mass is 9.93. The summed E-state index contributed by atoms with van der Waals surface area (Å²) in [4.78, 5) is 4.18. The first-order valence-electron chi connectivity index (χ1n) is 5.16. The molecular weight excluding hydrogens is 204 g/mol. The minimum absolute atomic E-state index is 0.0434. The van der Waals surface area contributed by atoms with Crippen molar-refractivity contribution in [2.24, 2.45) is 22.6 Å². The highest BCUT2D eigenvalue weighted by Crippen LogP contribution is 2.16. The molecular formula is C11H18N4O. The Labute approximate surface area is 95.3 Å². The molecule has 1 rings (SSSR count). The predicted molar refractivity (Wildman–Crippen MR) is 65.9 cm³/mol. The number of amidine groups is 2. The molecule has 1 aromatic rings. The second-order valence-corrected chi connectivity index (χ2v) is 3.78. The SMILES string of the molecule is CN=C(Nc1ccoc1)C(C)C(C)C(=N)N. The molecule has 0 radical (unpaired) electrons. The molecule has 0 aliphatic carbocycles. The Balaban J connectivity index is 2.72. The number of aliphatic imine (C=N–C) groups is 1. The van der Waals surface area contributed by atoms with Crippen LogP contribution in [-0.4, -0.2) is 18.7 Å². The van der Waals surface area contributed by atoms with E-state index < -0.39 is 0 Å². The zero-order valence-corrected chi connectivity index (χ0v) is 9.82. The molecule has 5 nitrogen and oxygen atoms in total. The summed E-state index contributed by atoms with van der Waals surface area (Å²) in [6.45, 7) is 3.90. The summed E-state index contributed by atoms with van der Waals surface area (Å²) in [5.74, 6) is 0.988. The highest BCUT2D eigenvalue weighted by Gasteiger charge is 2.20. The summed E-state index contributed by atoms with van der Waals surface area (Å²) in [5.41, 5.74) is 6.33. The zero-order chi connectivity index (χ0) is 12.1. The van der Waals surface area contributed by atoms with E-state index in [4.69, 9.17) is 15.6 Å². The van der Waals surface area contributed by atoms with E-state index >= 15 is 0 Å². The molecule has 0 saturated heterocycles. The highest BCUT2D eigenvalue weighted by atomic mass is 16.3. The van der Waals surface area contributed by atoms with Crippen LogP contribution in [0.25, 0.3) is 0 Å². The summed E-state index contributed by atoms with van der Waals surface area (Å²) in [6.07, 6.45) is 3.20. The normalized spacial score (nSPS) is 15.6. The van der Waals surface area contributed by atoms with E-state index in [0.717, 1.165) is 11.5 Å². The number of nitrogens with two attached hydrogens (primary N) is 1. The van der Waals surface area contributed by atoms with Crippen LogP contribution in [0.4, 0.5) is 5.69 Å². The van der Waals surface area contributed by atoms with Gasteiger partial charge in [-0.15, -0.1) is 0 Å². The number of rotatable bonds is 4. The second-order valence-electron chi connectivity index (χ2n) is 3.78. The van der Waals surface area contributed by atoms with Crippen molar-refractivity contribution >= 4 is 17.4 Å². The Morgan fingerprint density at radius 3 is 2.62 bits per heavy atom. The molecule has 2 unspecified atom stereocenters. The Morgan fingerprint density at radius 2 is 2.19 bits per heavy atom. The fourth-order valence-electron chi connectivity index (χ4n) is 1.36. The topological polar surface area (TPSA) is 87.4 Å². The number of hydrogen-bond acceptors (Lipinski definition) is 3. The average Bonchev–Trinajstić information content (AvgIpc) is 2.76. The Hall–Kier alpha value is -1.78. The molecule has 0 fully saturated rings. The van der Waals surface area contributed by atoms with Gasteiger partial charge in [-0.2, -0.15) is 0 Å². The molecule has 0 spiro atoms. The minimum atomic E-state index is -0.0434. The van der Waals surface area contributed by atoms with Gasteiger partial charge in [0.05, 0.1) is 17.8 Å². The van der Waals surface area contributed by atoms with Gasteiger partial charge in [0.15, 0.2) is 0 Å². The Bertz CT molecular complexity index is 369. The first-order valence-corrected chi connectivity index (χ1v) is 5.16. The van der Waals surface area contributed by atoms with Crippen molar-refractivity contribution in [1.82, 2.24) is 0 Å². The summed E-state index contributed by atoms with van der Waals surface area (Å²) < 4.78 is 4.96. The van der Waals surface area contributed by atoms with Crippen molar-refractivity contribution in [3.05, 3.63) is 18.6 Å². The molecule has 4 N–H and O–H groups in total. The molecule has 0 aliphatic rings. The van der Waals surface area contributed by atoms with Crippen LogP contribution in [0, 0.1) is 17.2 Å². The summed E-state index contributed by atoms with van der Waals surface area (Å²) in [7, 11) is 1.71. The number of anilines is 1. The first kappa shape index (κ1) is 12.3. The lowest BCUT2D eigenvalue weighted by Gasteiger charge is -2.21. The Morgan fingerprint density at radius 1 is 1.50 bits per heavy atom. The molecule has 0 amide bonds. The van der Waals surface area contributed by atoms with Crippen molar-refractivity contribution in [2.45, 2.75) is 13.8 Å². The van der Waals surface area contributed by atoms with Gasteiger partial charge in [0.1, 0.15) is 12.1 Å². The fraction of sp³-hybridized carbons (Fsp3) is 0.455. The van der Waals surface area contributed by atoms with Crippen LogP contribution in [0.2, 0.25) is 0 Å². The largest absolute Gasteiger partial charge is 0.470 e. The van der Waals surface area contributed by atoms with Gasteiger partial charge in [0.25, 0.3) is 0 Å². The van der Waals surface area contributed by atoms with E-state index in [1.54, 1.807) is 19.6 Å². The lowest BCUT2D eigenvalue weighted by molar-refractivity contribution is 0.568. The third-order valence-corrected chi connectivity index (χ3v) is 2.71. The third kappa shape index (κ3) is 2.85. The smallest absolute Gasteiger partial charge is 0.114 e. The van der Waals surface area contributed by atoms with E-state index in [1.165, 1.54) is 0 Å². The predicted octanol–water partition coefficient (Wildman–Crippen LogP) is 1.93. The molecule has 2 atom stereocenters. The van der Waals surface area contributed by atoms with Crippen molar-refractivity contribution in [3.8, 4) is 0 Å². The van der Waals surface area contributed by atoms with Crippen LogP contribution in [0.1, 0.15) is 13.8 Å². The van der Waals surface area contributed by atoms with Gasteiger partial charge in [-0.3, -0.25) is 10.4 Å². The molecule has 0 bridgehead atoms. The van der Waals surface area contributed by atoms with Crippen molar-refractivity contribution in [2.75, 3.05) is 12.4 Å². The van der Waals surface area contributed by atoms with E-state index in [1.807, 2.05) is 19.9 Å². The summed E-state index contributed by atoms with van der Waals surface area (Å²) in [6, 6.07) is 1.82. The van der Waals surface area contributed by atoms with Gasteiger partial charge in [-0.25, -0.2) is 0 Å². The first-order chi connectivity index (χ1) is 7.56. The van der Waals surface area contributed by atoms with Crippen LogP contribution in [0.15, 0.2) is 28.0 Å². The Kier molecular flexibility index (Phi) is 4.10. The van der Waals surface area contributed by atoms with Crippen LogP contribution in [-0.2, 0) is 0 Å². The van der Waals surface area contributed by atoms with Crippen molar-refractivity contribution in [3.63, 3.8) is 0 Å². The molecule has 16 heavy (non-hydrogen) atoms. The van der Waals surface area contributed by atoms with E-state index in [2.05, 4.69) is 10.3 Å². The number of furan rings is 1. The number of hydrogen-bond donors (Lipinski definition) is 3. The third-order valence-electron chi connectivity index (χ3n) is 2.71. The lowest BCUT2D eigenvalue weighted by Crippen LogP contribution is -2.33. The van der Waals surface area contributed by atoms with Gasteiger partial charge >= 0.3 is 0 Å². The number of nitrogens with one attached hydrogen (secondary N) is 2. The van der Waals surface area contributed by atoms with Gasteiger partial charge in [0, 0.05) is 18.9 Å². The summed E-state index contributed by atoms with van der Waals surface area (Å²) >= 11 is 0. The van der Waals surface area contributed by atoms with Crippen LogP contribution in [0.5, 0.6) is 0 Å².